The van der Waals surface area contributed by atoms with Crippen LogP contribution in [-0.2, 0) is 7.05 Å². The van der Waals surface area contributed by atoms with E-state index in [2.05, 4.69) is 30.4 Å². The van der Waals surface area contributed by atoms with Crippen molar-refractivity contribution < 1.29 is 18.0 Å². The van der Waals surface area contributed by atoms with Gasteiger partial charge in [-0.05, 0) is 19.1 Å². The Morgan fingerprint density at radius 1 is 1.23 bits per heavy atom. The number of aromatic nitrogens is 6. The minimum absolute atomic E-state index is 0.262. The minimum Gasteiger partial charge on any atom is -0.353 e. The van der Waals surface area contributed by atoms with Gasteiger partial charge in [0.1, 0.15) is 5.82 Å². The molecule has 31 heavy (non-hydrogen) atoms. The van der Waals surface area contributed by atoms with Gasteiger partial charge in [-0.25, -0.2) is 28.1 Å². The lowest BCUT2D eigenvalue weighted by atomic mass is 10.2. The van der Waals surface area contributed by atoms with Crippen molar-refractivity contribution in [1.82, 2.24) is 29.7 Å². The predicted octanol–water partition coefficient (Wildman–Crippen LogP) is 3.29. The fourth-order valence-electron chi connectivity index (χ4n) is 3.00. The van der Waals surface area contributed by atoms with Gasteiger partial charge in [-0.1, -0.05) is 0 Å². The number of alkyl halides is 3. The SMILES string of the molecule is Cc1nn(C)cc1C(=O)Nc1cc2[nH]c(-c3ccnc(NC(F)C(F)F)n3)cc2cn1. The molecule has 4 aromatic heterocycles. The van der Waals surface area contributed by atoms with Crippen LogP contribution in [0.3, 0.4) is 0 Å². The number of hydrogen-bond donors (Lipinski definition) is 3. The second kappa shape index (κ2) is 8.05. The van der Waals surface area contributed by atoms with Crippen LogP contribution in [0.4, 0.5) is 24.9 Å². The maximum atomic E-state index is 13.2. The molecule has 0 fully saturated rings. The van der Waals surface area contributed by atoms with E-state index in [0.29, 0.717) is 34.0 Å². The predicted molar refractivity (Wildman–Crippen MR) is 108 cm³/mol. The maximum Gasteiger partial charge on any atom is 0.287 e. The van der Waals surface area contributed by atoms with Gasteiger partial charge in [0, 0.05) is 37.1 Å². The molecule has 4 rings (SSSR count). The van der Waals surface area contributed by atoms with E-state index in [4.69, 9.17) is 0 Å². The lowest BCUT2D eigenvalue weighted by molar-refractivity contribution is 0.0646. The van der Waals surface area contributed by atoms with E-state index in [9.17, 15) is 18.0 Å². The molecule has 0 spiro atoms. The number of amides is 1. The van der Waals surface area contributed by atoms with Gasteiger partial charge in [0.15, 0.2) is 0 Å². The Hall–Kier alpha value is -3.96. The van der Waals surface area contributed by atoms with E-state index >= 15 is 0 Å². The molecule has 4 heterocycles. The van der Waals surface area contributed by atoms with Gasteiger partial charge >= 0.3 is 0 Å². The molecule has 3 N–H and O–H groups in total. The maximum absolute atomic E-state index is 13.2. The Bertz CT molecular complexity index is 1250. The van der Waals surface area contributed by atoms with E-state index in [-0.39, 0.29) is 11.9 Å². The number of hydrogen-bond acceptors (Lipinski definition) is 6. The van der Waals surface area contributed by atoms with Crippen LogP contribution in [0.2, 0.25) is 0 Å². The van der Waals surface area contributed by atoms with E-state index in [0.717, 1.165) is 5.39 Å². The molecule has 1 atom stereocenters. The van der Waals surface area contributed by atoms with Crippen molar-refractivity contribution in [3.05, 3.63) is 48.0 Å². The van der Waals surface area contributed by atoms with Crippen molar-refractivity contribution in [2.24, 2.45) is 7.05 Å². The molecule has 0 aliphatic heterocycles. The third kappa shape index (κ3) is 4.32. The lowest BCUT2D eigenvalue weighted by Crippen LogP contribution is -2.23. The summed E-state index contributed by atoms with van der Waals surface area (Å²) in [6, 6.07) is 4.94. The van der Waals surface area contributed by atoms with Gasteiger partial charge in [-0.15, -0.1) is 0 Å². The van der Waals surface area contributed by atoms with Crippen molar-refractivity contribution in [2.75, 3.05) is 10.6 Å². The van der Waals surface area contributed by atoms with Crippen LogP contribution in [0.1, 0.15) is 16.1 Å². The summed E-state index contributed by atoms with van der Waals surface area (Å²) in [5, 5.41) is 9.51. The zero-order valence-corrected chi connectivity index (χ0v) is 16.4. The van der Waals surface area contributed by atoms with E-state index in [1.807, 2.05) is 5.32 Å². The summed E-state index contributed by atoms with van der Waals surface area (Å²) in [6.07, 6.45) is -1.26. The van der Waals surface area contributed by atoms with Crippen molar-refractivity contribution in [2.45, 2.75) is 19.6 Å². The first-order valence-electron chi connectivity index (χ1n) is 9.12. The van der Waals surface area contributed by atoms with E-state index in [1.165, 1.54) is 6.20 Å². The molecule has 0 saturated heterocycles. The number of anilines is 2. The van der Waals surface area contributed by atoms with Crippen molar-refractivity contribution in [3.63, 3.8) is 0 Å². The molecule has 12 heteroatoms. The molecular weight excluding hydrogens is 413 g/mol. The van der Waals surface area contributed by atoms with Crippen LogP contribution in [-0.4, -0.2) is 48.3 Å². The quantitative estimate of drug-likeness (QED) is 0.405. The third-order valence-electron chi connectivity index (χ3n) is 4.42. The highest BCUT2D eigenvalue weighted by Gasteiger charge is 2.20. The summed E-state index contributed by atoms with van der Waals surface area (Å²) in [7, 11) is 1.73. The zero-order chi connectivity index (χ0) is 22.1. The molecule has 0 aliphatic rings. The molecule has 1 unspecified atom stereocenters. The molecule has 0 radical (unpaired) electrons. The van der Waals surface area contributed by atoms with Crippen molar-refractivity contribution in [1.29, 1.82) is 0 Å². The number of aromatic amines is 1. The lowest BCUT2D eigenvalue weighted by Gasteiger charge is -2.09. The number of carbonyl (C=O) groups is 1. The molecule has 9 nitrogen and oxygen atoms in total. The highest BCUT2D eigenvalue weighted by atomic mass is 19.3. The smallest absolute Gasteiger partial charge is 0.287 e. The second-order valence-corrected chi connectivity index (χ2v) is 6.74. The summed E-state index contributed by atoms with van der Waals surface area (Å²) in [6.45, 7) is 1.74. The standard InChI is InChI=1S/C19H17F3N8O/c1-9-11(8-30(2)29-9)18(31)27-15-6-13-10(7-24-15)5-14(25-13)12-3-4-23-19(26-12)28-17(22)16(20)21/h3-8,16-17,25H,1-2H3,(H,23,26,28)(H,24,27,31). The van der Waals surface area contributed by atoms with Crippen molar-refractivity contribution >= 4 is 28.6 Å². The Labute approximate surface area is 173 Å². The van der Waals surface area contributed by atoms with E-state index in [1.54, 1.807) is 49.2 Å². The summed E-state index contributed by atoms with van der Waals surface area (Å²) in [5.74, 6) is -0.270. The van der Waals surface area contributed by atoms with E-state index < -0.39 is 12.7 Å². The summed E-state index contributed by atoms with van der Waals surface area (Å²) >= 11 is 0. The molecular formula is C19H17F3N8O. The van der Waals surface area contributed by atoms with Gasteiger partial charge in [-0.3, -0.25) is 9.48 Å². The number of nitrogens with zero attached hydrogens (tertiary/aromatic N) is 5. The topological polar surface area (TPSA) is 113 Å². The molecule has 0 bridgehead atoms. The molecule has 160 valence electrons. The second-order valence-electron chi connectivity index (χ2n) is 6.74. The fourth-order valence-corrected chi connectivity index (χ4v) is 3.00. The first kappa shape index (κ1) is 20.3. The Morgan fingerprint density at radius 3 is 2.74 bits per heavy atom. The fraction of sp³-hybridized carbons (Fsp3) is 0.211. The van der Waals surface area contributed by atoms with Gasteiger partial charge in [-0.2, -0.15) is 5.10 Å². The van der Waals surface area contributed by atoms with Crippen LogP contribution in [0.15, 0.2) is 36.8 Å². The number of carbonyl (C=O) groups excluding carboxylic acids is 1. The van der Waals surface area contributed by atoms with Gasteiger partial charge in [0.05, 0.1) is 28.2 Å². The average molecular weight is 430 g/mol. The molecule has 0 saturated carbocycles. The number of nitrogens with one attached hydrogen (secondary N) is 3. The van der Waals surface area contributed by atoms with Crippen molar-refractivity contribution in [3.8, 4) is 11.4 Å². The monoisotopic (exact) mass is 430 g/mol. The number of rotatable bonds is 6. The number of halogens is 3. The summed E-state index contributed by atoms with van der Waals surface area (Å²) in [4.78, 5) is 27.6. The number of pyridine rings is 1. The third-order valence-corrected chi connectivity index (χ3v) is 4.42. The molecule has 0 aliphatic carbocycles. The first-order chi connectivity index (χ1) is 14.8. The van der Waals surface area contributed by atoms with Gasteiger partial charge in [0.2, 0.25) is 12.2 Å². The number of aryl methyl sites for hydroxylation is 2. The van der Waals surface area contributed by atoms with Crippen LogP contribution < -0.4 is 10.6 Å². The average Bonchev–Trinajstić information content (AvgIpc) is 3.30. The normalized spacial score (nSPS) is 12.3. The first-order valence-corrected chi connectivity index (χ1v) is 9.12. The number of H-pyrrole nitrogens is 1. The molecule has 0 aromatic carbocycles. The van der Waals surface area contributed by atoms with Crippen LogP contribution in [0.5, 0.6) is 0 Å². The zero-order valence-electron chi connectivity index (χ0n) is 16.4. The summed E-state index contributed by atoms with van der Waals surface area (Å²) in [5.41, 5.74) is 2.60. The molecule has 4 aromatic rings. The van der Waals surface area contributed by atoms with Gasteiger partial charge in [0.25, 0.3) is 12.3 Å². The Kier molecular flexibility index (Phi) is 5.28. The number of fused-ring (bicyclic) bond motifs is 1. The largest absolute Gasteiger partial charge is 0.353 e. The molecule has 1 amide bonds. The van der Waals surface area contributed by atoms with Crippen LogP contribution in [0.25, 0.3) is 22.3 Å². The highest BCUT2D eigenvalue weighted by Crippen LogP contribution is 2.25. The van der Waals surface area contributed by atoms with Crippen LogP contribution in [0, 0.1) is 6.92 Å². The highest BCUT2D eigenvalue weighted by molar-refractivity contribution is 6.05. The van der Waals surface area contributed by atoms with Crippen LogP contribution >= 0.6 is 0 Å². The summed E-state index contributed by atoms with van der Waals surface area (Å²) < 4.78 is 39.6. The van der Waals surface area contributed by atoms with Gasteiger partial charge < -0.3 is 15.6 Å². The minimum atomic E-state index is -3.20. The Morgan fingerprint density at radius 2 is 2.03 bits per heavy atom. The Balaban J connectivity index is 1.57.